The molecule has 0 spiro atoms. The number of allylic oxidation sites excluding steroid dienone is 10. The van der Waals surface area contributed by atoms with Crippen molar-refractivity contribution in [3.8, 4) is 0 Å². The first-order valence-electron chi connectivity index (χ1n) is 8.61. The average Bonchev–Trinajstić information content (AvgIpc) is 2.50. The van der Waals surface area contributed by atoms with Crippen molar-refractivity contribution in [3.05, 3.63) is 60.8 Å². The minimum absolute atomic E-state index is 0.0691. The number of ketones is 1. The van der Waals surface area contributed by atoms with Gasteiger partial charge in [-0.25, -0.2) is 0 Å². The van der Waals surface area contributed by atoms with E-state index in [-0.39, 0.29) is 5.78 Å². The molecule has 0 aliphatic rings. The van der Waals surface area contributed by atoms with Crippen molar-refractivity contribution in [1.29, 1.82) is 0 Å². The molecule has 0 bridgehead atoms. The minimum Gasteiger partial charge on any atom is -0.295 e. The quantitative estimate of drug-likeness (QED) is 0.215. The number of hydrogen-bond donors (Lipinski definition) is 0. The summed E-state index contributed by atoms with van der Waals surface area (Å²) >= 11 is 0. The summed E-state index contributed by atoms with van der Waals surface area (Å²) in [6.07, 6.45) is 30.1. The second-order valence-corrected chi connectivity index (χ2v) is 5.46. The molecule has 0 saturated heterocycles. The number of unbranched alkanes of at least 4 members (excludes halogenated alkanes) is 7. The molecule has 0 aromatic heterocycles. The number of carbonyl (C=O) groups excluding carboxylic acids is 1. The van der Waals surface area contributed by atoms with Crippen molar-refractivity contribution >= 4 is 5.78 Å². The lowest BCUT2D eigenvalue weighted by atomic mass is 10.1. The van der Waals surface area contributed by atoms with Crippen LogP contribution in [0.2, 0.25) is 0 Å². The van der Waals surface area contributed by atoms with Gasteiger partial charge in [-0.15, -0.1) is 0 Å². The van der Waals surface area contributed by atoms with Gasteiger partial charge in [0, 0.05) is 0 Å². The van der Waals surface area contributed by atoms with Crippen LogP contribution in [0.4, 0.5) is 0 Å². The summed E-state index contributed by atoms with van der Waals surface area (Å²) in [5.41, 5.74) is 0. The van der Waals surface area contributed by atoms with Crippen LogP contribution in [0.1, 0.15) is 65.2 Å². The zero-order chi connectivity index (χ0) is 16.3. The maximum absolute atomic E-state index is 10.6. The van der Waals surface area contributed by atoms with E-state index >= 15 is 0 Å². The molecule has 0 radical (unpaired) electrons. The average molecular weight is 300 g/mol. The van der Waals surface area contributed by atoms with E-state index < -0.39 is 0 Å². The lowest BCUT2D eigenvalue weighted by molar-refractivity contribution is -0.112. The molecule has 0 rings (SSSR count). The third kappa shape index (κ3) is 18.4. The molecule has 0 unspecified atom stereocenters. The Labute approximate surface area is 137 Å². The van der Waals surface area contributed by atoms with Crippen molar-refractivity contribution in [2.75, 3.05) is 0 Å². The fourth-order valence-electron chi connectivity index (χ4n) is 1.97. The van der Waals surface area contributed by atoms with Gasteiger partial charge in [0.1, 0.15) is 0 Å². The van der Waals surface area contributed by atoms with Crippen molar-refractivity contribution in [1.82, 2.24) is 0 Å². The van der Waals surface area contributed by atoms with Crippen LogP contribution in [0.3, 0.4) is 0 Å². The Morgan fingerprint density at radius 1 is 0.682 bits per heavy atom. The van der Waals surface area contributed by atoms with Gasteiger partial charge in [0.2, 0.25) is 0 Å². The standard InChI is InChI=1S/C21H32O/c1-3-4-5-6-7-8-9-10-11-12-13-14-15-16-17-18-19-20-21(2)22/h11-20H,3-10H2,1-2H3/b12-11+,14-13+,16-15+,18-17+,20-19-. The van der Waals surface area contributed by atoms with Crippen LogP contribution in [-0.2, 0) is 4.79 Å². The van der Waals surface area contributed by atoms with Gasteiger partial charge in [0.15, 0.2) is 5.78 Å². The Morgan fingerprint density at radius 3 is 1.77 bits per heavy atom. The van der Waals surface area contributed by atoms with E-state index in [4.69, 9.17) is 0 Å². The first-order valence-corrected chi connectivity index (χ1v) is 8.61. The zero-order valence-electron chi connectivity index (χ0n) is 14.3. The normalized spacial score (nSPS) is 12.8. The lowest BCUT2D eigenvalue weighted by Gasteiger charge is -1.98. The van der Waals surface area contributed by atoms with Crippen LogP contribution in [0, 0.1) is 0 Å². The maximum Gasteiger partial charge on any atom is 0.152 e. The summed E-state index contributed by atoms with van der Waals surface area (Å²) in [7, 11) is 0. The molecular weight excluding hydrogens is 268 g/mol. The smallest absolute Gasteiger partial charge is 0.152 e. The summed E-state index contributed by atoms with van der Waals surface area (Å²) < 4.78 is 0. The number of rotatable bonds is 13. The van der Waals surface area contributed by atoms with E-state index in [2.05, 4.69) is 25.2 Å². The molecule has 0 aliphatic carbocycles. The molecule has 1 nitrogen and oxygen atoms in total. The molecule has 0 aliphatic heterocycles. The first kappa shape index (κ1) is 20.4. The van der Waals surface area contributed by atoms with Gasteiger partial charge in [-0.2, -0.15) is 0 Å². The Hall–Kier alpha value is -1.63. The molecule has 0 aromatic rings. The second kappa shape index (κ2) is 17.4. The van der Waals surface area contributed by atoms with Crippen LogP contribution < -0.4 is 0 Å². The highest BCUT2D eigenvalue weighted by Crippen LogP contribution is 2.08. The topological polar surface area (TPSA) is 17.1 Å². The van der Waals surface area contributed by atoms with Crippen LogP contribution in [0.5, 0.6) is 0 Å². The number of hydrogen-bond acceptors (Lipinski definition) is 1. The third-order valence-corrected chi connectivity index (χ3v) is 3.22. The third-order valence-electron chi connectivity index (χ3n) is 3.22. The van der Waals surface area contributed by atoms with Gasteiger partial charge in [-0.1, -0.05) is 100 Å². The largest absolute Gasteiger partial charge is 0.295 e. The molecule has 0 atom stereocenters. The van der Waals surface area contributed by atoms with E-state index in [0.717, 1.165) is 0 Å². The Morgan fingerprint density at radius 2 is 1.18 bits per heavy atom. The van der Waals surface area contributed by atoms with Gasteiger partial charge in [0.05, 0.1) is 0 Å². The van der Waals surface area contributed by atoms with Gasteiger partial charge >= 0.3 is 0 Å². The van der Waals surface area contributed by atoms with Crippen molar-refractivity contribution in [3.63, 3.8) is 0 Å². The fourth-order valence-corrected chi connectivity index (χ4v) is 1.97. The Kier molecular flexibility index (Phi) is 16.1. The van der Waals surface area contributed by atoms with Crippen LogP contribution >= 0.6 is 0 Å². The zero-order valence-corrected chi connectivity index (χ0v) is 14.3. The van der Waals surface area contributed by atoms with Crippen molar-refractivity contribution < 1.29 is 4.79 Å². The molecule has 0 fully saturated rings. The molecule has 0 N–H and O–H groups in total. The summed E-state index contributed by atoms with van der Waals surface area (Å²) in [5, 5.41) is 0. The van der Waals surface area contributed by atoms with Crippen LogP contribution in [0.15, 0.2) is 60.8 Å². The summed E-state index contributed by atoms with van der Waals surface area (Å²) in [5.74, 6) is 0.0691. The van der Waals surface area contributed by atoms with Gasteiger partial charge in [-0.05, 0) is 25.8 Å². The maximum atomic E-state index is 10.6. The SMILES string of the molecule is CCCCCCCCC/C=C/C=C/C=C/C=C/C=C\C(C)=O. The van der Waals surface area contributed by atoms with E-state index in [1.165, 1.54) is 51.4 Å². The minimum atomic E-state index is 0.0691. The highest BCUT2D eigenvalue weighted by Gasteiger charge is 1.88. The predicted molar refractivity (Wildman–Crippen MR) is 99.0 cm³/mol. The Balaban J connectivity index is 3.50. The van der Waals surface area contributed by atoms with E-state index in [0.29, 0.717) is 0 Å². The molecule has 0 amide bonds. The summed E-state index contributed by atoms with van der Waals surface area (Å²) in [6, 6.07) is 0. The van der Waals surface area contributed by atoms with Crippen LogP contribution in [-0.4, -0.2) is 5.78 Å². The van der Waals surface area contributed by atoms with E-state index in [1.807, 2.05) is 30.4 Å². The van der Waals surface area contributed by atoms with Crippen LogP contribution in [0.25, 0.3) is 0 Å². The summed E-state index contributed by atoms with van der Waals surface area (Å²) in [4.78, 5) is 10.6. The monoisotopic (exact) mass is 300 g/mol. The second-order valence-electron chi connectivity index (χ2n) is 5.46. The molecule has 22 heavy (non-hydrogen) atoms. The highest BCUT2D eigenvalue weighted by molar-refractivity contribution is 5.87. The van der Waals surface area contributed by atoms with Gasteiger partial charge < -0.3 is 0 Å². The molecule has 1 heteroatoms. The van der Waals surface area contributed by atoms with Gasteiger partial charge in [-0.3, -0.25) is 4.79 Å². The van der Waals surface area contributed by atoms with Gasteiger partial charge in [0.25, 0.3) is 0 Å². The first-order chi connectivity index (χ1) is 10.8. The Bertz CT molecular complexity index is 394. The highest BCUT2D eigenvalue weighted by atomic mass is 16.1. The summed E-state index contributed by atoms with van der Waals surface area (Å²) in [6.45, 7) is 3.80. The molecule has 0 aromatic carbocycles. The predicted octanol–water partition coefficient (Wildman–Crippen LogP) is 6.50. The molecular formula is C21H32O. The molecule has 0 heterocycles. The van der Waals surface area contributed by atoms with Crippen molar-refractivity contribution in [2.24, 2.45) is 0 Å². The molecule has 122 valence electrons. The molecule has 0 saturated carbocycles. The lowest BCUT2D eigenvalue weighted by Crippen LogP contribution is -1.78. The van der Waals surface area contributed by atoms with Crippen molar-refractivity contribution in [2.45, 2.75) is 65.2 Å². The number of carbonyl (C=O) groups is 1. The van der Waals surface area contributed by atoms with E-state index in [1.54, 1.807) is 19.1 Å². The fraction of sp³-hybridized carbons (Fsp3) is 0.476. The van der Waals surface area contributed by atoms with E-state index in [9.17, 15) is 4.79 Å².